The first kappa shape index (κ1) is 15.2. The van der Waals surface area contributed by atoms with Crippen molar-refractivity contribution in [1.29, 1.82) is 0 Å². The minimum atomic E-state index is -4.34. The molecule has 100 valence electrons. The van der Waals surface area contributed by atoms with Crippen molar-refractivity contribution >= 4 is 15.9 Å². The molecule has 0 heterocycles. The predicted molar refractivity (Wildman–Crippen MR) is 68.3 cm³/mol. The van der Waals surface area contributed by atoms with E-state index in [1.165, 1.54) is 6.07 Å². The molecule has 0 aliphatic carbocycles. The van der Waals surface area contributed by atoms with E-state index in [9.17, 15) is 13.2 Å². The lowest BCUT2D eigenvalue weighted by molar-refractivity contribution is -0.137. The topological polar surface area (TPSA) is 9.23 Å². The molecule has 1 aromatic rings. The zero-order chi connectivity index (χ0) is 13.8. The van der Waals surface area contributed by atoms with E-state index in [2.05, 4.69) is 22.5 Å². The van der Waals surface area contributed by atoms with Crippen LogP contribution in [0, 0.1) is 0 Å². The Kier molecular flexibility index (Phi) is 5.41. The van der Waals surface area contributed by atoms with Gasteiger partial charge in [-0.05, 0) is 30.2 Å². The molecule has 0 radical (unpaired) electrons. The van der Waals surface area contributed by atoms with E-state index in [0.29, 0.717) is 23.1 Å². The van der Waals surface area contributed by atoms with Crippen LogP contribution in [-0.4, -0.2) is 6.61 Å². The first-order chi connectivity index (χ1) is 8.40. The average Bonchev–Trinajstić information content (AvgIpc) is 2.30. The van der Waals surface area contributed by atoms with Crippen LogP contribution in [0.3, 0.4) is 0 Å². The Morgan fingerprint density at radius 3 is 2.61 bits per heavy atom. The minimum absolute atomic E-state index is 0.307. The summed E-state index contributed by atoms with van der Waals surface area (Å²) >= 11 is 3.26. The highest BCUT2D eigenvalue weighted by molar-refractivity contribution is 9.10. The number of benzene rings is 1. The third-order valence-corrected chi connectivity index (χ3v) is 3.18. The SMILES string of the molecule is C=CCOC(CC)c1cc(C(F)(F)F)ccc1Br. The second-order valence-corrected chi connectivity index (χ2v) is 4.61. The molecule has 1 unspecified atom stereocenters. The van der Waals surface area contributed by atoms with Gasteiger partial charge in [0.2, 0.25) is 0 Å². The number of alkyl halides is 3. The van der Waals surface area contributed by atoms with E-state index >= 15 is 0 Å². The fourth-order valence-corrected chi connectivity index (χ4v) is 2.08. The highest BCUT2D eigenvalue weighted by Crippen LogP contribution is 2.35. The third kappa shape index (κ3) is 3.85. The van der Waals surface area contributed by atoms with Gasteiger partial charge in [-0.1, -0.05) is 28.9 Å². The second-order valence-electron chi connectivity index (χ2n) is 3.75. The summed E-state index contributed by atoms with van der Waals surface area (Å²) in [5, 5.41) is 0. The maximum atomic E-state index is 12.6. The molecule has 0 bridgehead atoms. The van der Waals surface area contributed by atoms with E-state index < -0.39 is 11.7 Å². The normalized spacial score (nSPS) is 13.4. The number of halogens is 4. The summed E-state index contributed by atoms with van der Waals surface area (Å²) in [5.41, 5.74) is -0.157. The molecule has 0 amide bonds. The van der Waals surface area contributed by atoms with Crippen molar-refractivity contribution in [3.63, 3.8) is 0 Å². The molecule has 0 aliphatic rings. The average molecular weight is 323 g/mol. The van der Waals surface area contributed by atoms with Gasteiger partial charge in [0.15, 0.2) is 0 Å². The molecule has 0 aromatic heterocycles. The van der Waals surface area contributed by atoms with Crippen LogP contribution < -0.4 is 0 Å². The Labute approximate surface area is 113 Å². The Morgan fingerprint density at radius 2 is 2.11 bits per heavy atom. The minimum Gasteiger partial charge on any atom is -0.369 e. The molecular formula is C13H14BrF3O. The number of hydrogen-bond donors (Lipinski definition) is 0. The van der Waals surface area contributed by atoms with Gasteiger partial charge in [-0.25, -0.2) is 0 Å². The van der Waals surface area contributed by atoms with E-state index in [0.717, 1.165) is 12.1 Å². The highest BCUT2D eigenvalue weighted by atomic mass is 79.9. The van der Waals surface area contributed by atoms with Gasteiger partial charge >= 0.3 is 6.18 Å². The van der Waals surface area contributed by atoms with Crippen LogP contribution in [-0.2, 0) is 10.9 Å². The molecule has 0 spiro atoms. The van der Waals surface area contributed by atoms with Gasteiger partial charge in [-0.15, -0.1) is 6.58 Å². The molecule has 1 rings (SSSR count). The smallest absolute Gasteiger partial charge is 0.369 e. The summed E-state index contributed by atoms with van der Waals surface area (Å²) < 4.78 is 44.0. The van der Waals surface area contributed by atoms with Gasteiger partial charge in [0.05, 0.1) is 18.3 Å². The number of hydrogen-bond acceptors (Lipinski definition) is 1. The predicted octanol–water partition coefficient (Wildman–Crippen LogP) is 5.12. The van der Waals surface area contributed by atoms with Gasteiger partial charge in [-0.2, -0.15) is 13.2 Å². The summed E-state index contributed by atoms with van der Waals surface area (Å²) in [6, 6.07) is 3.58. The standard InChI is InChI=1S/C13H14BrF3O/c1-3-7-18-12(4-2)10-8-9(13(15,16)17)5-6-11(10)14/h3,5-6,8,12H,1,4,7H2,2H3. The molecular weight excluding hydrogens is 309 g/mol. The largest absolute Gasteiger partial charge is 0.416 e. The lowest BCUT2D eigenvalue weighted by Gasteiger charge is -2.18. The molecule has 5 heteroatoms. The maximum absolute atomic E-state index is 12.6. The summed E-state index contributed by atoms with van der Waals surface area (Å²) in [4.78, 5) is 0. The molecule has 1 nitrogen and oxygen atoms in total. The zero-order valence-electron chi connectivity index (χ0n) is 9.93. The van der Waals surface area contributed by atoms with Crippen LogP contribution in [0.15, 0.2) is 35.3 Å². The van der Waals surface area contributed by atoms with Crippen molar-refractivity contribution in [3.05, 3.63) is 46.5 Å². The monoisotopic (exact) mass is 322 g/mol. The first-order valence-electron chi connectivity index (χ1n) is 5.49. The summed E-state index contributed by atoms with van der Waals surface area (Å²) in [6.07, 6.45) is -2.55. The van der Waals surface area contributed by atoms with Crippen molar-refractivity contribution in [1.82, 2.24) is 0 Å². The maximum Gasteiger partial charge on any atom is 0.416 e. The van der Waals surface area contributed by atoms with Crippen LogP contribution in [0.4, 0.5) is 13.2 Å². The first-order valence-corrected chi connectivity index (χ1v) is 6.28. The van der Waals surface area contributed by atoms with Crippen LogP contribution in [0.25, 0.3) is 0 Å². The fraction of sp³-hybridized carbons (Fsp3) is 0.385. The molecule has 0 N–H and O–H groups in total. The van der Waals surface area contributed by atoms with Crippen LogP contribution >= 0.6 is 15.9 Å². The third-order valence-electron chi connectivity index (χ3n) is 2.46. The molecule has 0 saturated heterocycles. The van der Waals surface area contributed by atoms with Gasteiger partial charge in [0, 0.05) is 4.47 Å². The zero-order valence-corrected chi connectivity index (χ0v) is 11.5. The van der Waals surface area contributed by atoms with Crippen LogP contribution in [0.1, 0.15) is 30.6 Å². The molecule has 18 heavy (non-hydrogen) atoms. The highest BCUT2D eigenvalue weighted by Gasteiger charge is 2.31. The Bertz CT molecular complexity index is 415. The molecule has 0 fully saturated rings. The van der Waals surface area contributed by atoms with E-state index in [1.54, 1.807) is 6.08 Å². The lowest BCUT2D eigenvalue weighted by Crippen LogP contribution is -2.09. The summed E-state index contributed by atoms with van der Waals surface area (Å²) in [7, 11) is 0. The second kappa shape index (κ2) is 6.38. The Morgan fingerprint density at radius 1 is 1.44 bits per heavy atom. The molecule has 1 atom stereocenters. The van der Waals surface area contributed by atoms with Crippen molar-refractivity contribution in [2.45, 2.75) is 25.6 Å². The van der Waals surface area contributed by atoms with Gasteiger partial charge < -0.3 is 4.74 Å². The van der Waals surface area contributed by atoms with Gasteiger partial charge in [0.1, 0.15) is 0 Å². The number of ether oxygens (including phenoxy) is 1. The van der Waals surface area contributed by atoms with Gasteiger partial charge in [-0.3, -0.25) is 0 Å². The molecule has 0 aliphatic heterocycles. The Balaban J connectivity index is 3.08. The van der Waals surface area contributed by atoms with Crippen molar-refractivity contribution in [2.75, 3.05) is 6.61 Å². The molecule has 0 saturated carbocycles. The van der Waals surface area contributed by atoms with Crippen LogP contribution in [0.5, 0.6) is 0 Å². The van der Waals surface area contributed by atoms with Crippen molar-refractivity contribution < 1.29 is 17.9 Å². The van der Waals surface area contributed by atoms with Crippen molar-refractivity contribution in [2.24, 2.45) is 0 Å². The van der Waals surface area contributed by atoms with E-state index in [-0.39, 0.29) is 6.10 Å². The quantitative estimate of drug-likeness (QED) is 0.683. The Hall–Kier alpha value is -0.810. The summed E-state index contributed by atoms with van der Waals surface area (Å²) in [6.45, 7) is 5.69. The van der Waals surface area contributed by atoms with Gasteiger partial charge in [0.25, 0.3) is 0 Å². The molecule has 1 aromatic carbocycles. The van der Waals surface area contributed by atoms with E-state index in [4.69, 9.17) is 4.74 Å². The van der Waals surface area contributed by atoms with Crippen LogP contribution in [0.2, 0.25) is 0 Å². The fourth-order valence-electron chi connectivity index (χ4n) is 1.58. The van der Waals surface area contributed by atoms with Crippen molar-refractivity contribution in [3.8, 4) is 0 Å². The van der Waals surface area contributed by atoms with E-state index in [1.807, 2.05) is 6.92 Å². The number of rotatable bonds is 5. The lowest BCUT2D eigenvalue weighted by atomic mass is 10.0. The summed E-state index contributed by atoms with van der Waals surface area (Å²) in [5.74, 6) is 0.